The van der Waals surface area contributed by atoms with Crippen LogP contribution in [-0.4, -0.2) is 17.7 Å². The number of nitrogens with zero attached hydrogens (tertiary/aromatic N) is 1. The van der Waals surface area contributed by atoms with Gasteiger partial charge in [0.2, 0.25) is 12.5 Å². The number of hydrogen-bond acceptors (Lipinski definition) is 6. The molecule has 0 aliphatic rings. The molecule has 11 heteroatoms. The molecule has 2 aromatic carbocycles. The Labute approximate surface area is 174 Å². The van der Waals surface area contributed by atoms with Gasteiger partial charge in [0, 0.05) is 12.1 Å². The number of benzene rings is 2. The van der Waals surface area contributed by atoms with Crippen LogP contribution in [-0.2, 0) is 15.7 Å². The lowest BCUT2D eigenvalue weighted by Crippen LogP contribution is -2.24. The van der Waals surface area contributed by atoms with Gasteiger partial charge < -0.3 is 14.2 Å². The molecule has 2 aromatic rings. The largest absolute Gasteiger partial charge is 0.456 e. The molecule has 0 fully saturated rings. The summed E-state index contributed by atoms with van der Waals surface area (Å²) in [6.45, 7) is 4.29. The van der Waals surface area contributed by atoms with Crippen LogP contribution in [0.2, 0.25) is 5.02 Å². The van der Waals surface area contributed by atoms with Crippen molar-refractivity contribution in [1.29, 1.82) is 0 Å². The Balaban J connectivity index is 2.21. The molecule has 0 N–H and O–H groups in total. The minimum atomic E-state index is -4.57. The predicted octanol–water partition coefficient (Wildman–Crippen LogP) is 5.98. The predicted molar refractivity (Wildman–Crippen MR) is 101 cm³/mol. The Bertz CT molecular complexity index is 956. The quantitative estimate of drug-likeness (QED) is 0.234. The fourth-order valence-corrected chi connectivity index (χ4v) is 2.29. The molecule has 0 heterocycles. The zero-order valence-corrected chi connectivity index (χ0v) is 16.8. The van der Waals surface area contributed by atoms with Gasteiger partial charge in [0.1, 0.15) is 11.5 Å². The molecule has 0 saturated carbocycles. The van der Waals surface area contributed by atoms with Crippen LogP contribution in [0.1, 0.15) is 26.3 Å². The van der Waals surface area contributed by atoms with E-state index in [-0.39, 0.29) is 22.3 Å². The Morgan fingerprint density at radius 3 is 2.30 bits per heavy atom. The number of carbonyl (C=O) groups excluding carboxylic acids is 1. The van der Waals surface area contributed by atoms with Crippen molar-refractivity contribution >= 4 is 23.3 Å². The highest BCUT2D eigenvalue weighted by atomic mass is 35.5. The first kappa shape index (κ1) is 23.3. The molecular weight excluding hydrogens is 431 g/mol. The van der Waals surface area contributed by atoms with Crippen LogP contribution in [0.4, 0.5) is 18.9 Å². The Hall–Kier alpha value is -3.01. The van der Waals surface area contributed by atoms with E-state index >= 15 is 0 Å². The van der Waals surface area contributed by atoms with Crippen LogP contribution in [0.15, 0.2) is 36.4 Å². The van der Waals surface area contributed by atoms with Crippen molar-refractivity contribution < 1.29 is 37.1 Å². The van der Waals surface area contributed by atoms with Gasteiger partial charge in [0.05, 0.1) is 20.9 Å². The summed E-state index contributed by atoms with van der Waals surface area (Å²) in [5.41, 5.74) is -2.17. The summed E-state index contributed by atoms with van der Waals surface area (Å²) in [4.78, 5) is 22.2. The van der Waals surface area contributed by atoms with Crippen molar-refractivity contribution in [3.8, 4) is 17.2 Å². The second-order valence-electron chi connectivity index (χ2n) is 7.08. The number of hydrogen-bond donors (Lipinski definition) is 0. The monoisotopic (exact) mass is 447 g/mol. The molecule has 162 valence electrons. The van der Waals surface area contributed by atoms with E-state index in [0.717, 1.165) is 24.3 Å². The lowest BCUT2D eigenvalue weighted by atomic mass is 9.98. The molecule has 0 unspecified atom stereocenters. The van der Waals surface area contributed by atoms with Crippen molar-refractivity contribution in [3.05, 3.63) is 57.1 Å². The van der Waals surface area contributed by atoms with Crippen molar-refractivity contribution in [2.75, 3.05) is 6.79 Å². The normalized spacial score (nSPS) is 11.7. The molecule has 0 radical (unpaired) electrons. The summed E-state index contributed by atoms with van der Waals surface area (Å²) in [5, 5.41) is 10.9. The zero-order valence-electron chi connectivity index (χ0n) is 16.1. The van der Waals surface area contributed by atoms with E-state index in [1.54, 1.807) is 20.8 Å². The number of carbonyl (C=O) groups is 1. The van der Waals surface area contributed by atoms with Gasteiger partial charge in [-0.2, -0.15) is 13.2 Å². The summed E-state index contributed by atoms with van der Waals surface area (Å²) in [5.74, 6) is -0.917. The fourth-order valence-electron chi connectivity index (χ4n) is 2.07. The maximum atomic E-state index is 12.7. The van der Waals surface area contributed by atoms with Crippen LogP contribution in [0.3, 0.4) is 0 Å². The van der Waals surface area contributed by atoms with Crippen molar-refractivity contribution in [1.82, 2.24) is 0 Å². The summed E-state index contributed by atoms with van der Waals surface area (Å²) in [6.07, 6.45) is -4.57. The van der Waals surface area contributed by atoms with Crippen LogP contribution >= 0.6 is 11.6 Å². The molecule has 0 aliphatic carbocycles. The zero-order chi connectivity index (χ0) is 22.7. The van der Waals surface area contributed by atoms with Gasteiger partial charge in [-0.25, -0.2) is 0 Å². The van der Waals surface area contributed by atoms with E-state index < -0.39 is 40.5 Å². The molecule has 0 amide bonds. The molecule has 30 heavy (non-hydrogen) atoms. The average molecular weight is 448 g/mol. The third kappa shape index (κ3) is 5.99. The first-order valence-electron chi connectivity index (χ1n) is 8.42. The van der Waals surface area contributed by atoms with Crippen LogP contribution in [0.25, 0.3) is 0 Å². The highest BCUT2D eigenvalue weighted by Gasteiger charge is 2.31. The number of nitro groups is 1. The highest BCUT2D eigenvalue weighted by Crippen LogP contribution is 2.38. The van der Waals surface area contributed by atoms with E-state index in [4.69, 9.17) is 25.8 Å². The molecule has 0 aromatic heterocycles. The minimum Gasteiger partial charge on any atom is -0.456 e. The first-order valence-corrected chi connectivity index (χ1v) is 8.80. The average Bonchev–Trinajstić information content (AvgIpc) is 2.61. The van der Waals surface area contributed by atoms with Gasteiger partial charge in [-0.15, -0.1) is 0 Å². The summed E-state index contributed by atoms with van der Waals surface area (Å²) in [6, 6.07) is 5.95. The Morgan fingerprint density at radius 1 is 1.10 bits per heavy atom. The Kier molecular flexibility index (Phi) is 6.81. The van der Waals surface area contributed by atoms with Crippen LogP contribution in [0.5, 0.6) is 17.2 Å². The minimum absolute atomic E-state index is 0.0133. The number of nitro benzene ring substituents is 1. The number of ether oxygens (including phenoxy) is 3. The summed E-state index contributed by atoms with van der Waals surface area (Å²) < 4.78 is 53.7. The van der Waals surface area contributed by atoms with E-state index in [2.05, 4.69) is 0 Å². The number of rotatable bonds is 6. The fraction of sp³-hybridized carbons (Fsp3) is 0.316. The van der Waals surface area contributed by atoms with E-state index in [9.17, 15) is 28.1 Å². The number of esters is 1. The molecule has 2 rings (SSSR count). The molecule has 0 spiro atoms. The first-order chi connectivity index (χ1) is 13.8. The van der Waals surface area contributed by atoms with Gasteiger partial charge in [-0.3, -0.25) is 14.9 Å². The Morgan fingerprint density at radius 2 is 1.77 bits per heavy atom. The second-order valence-corrected chi connectivity index (χ2v) is 7.48. The third-order valence-corrected chi connectivity index (χ3v) is 3.93. The van der Waals surface area contributed by atoms with Gasteiger partial charge in [0.15, 0.2) is 0 Å². The summed E-state index contributed by atoms with van der Waals surface area (Å²) in [7, 11) is 0. The van der Waals surface area contributed by atoms with Gasteiger partial charge in [-0.1, -0.05) is 11.6 Å². The SMILES string of the molecule is CC(C)(C)C(=O)OCOc1cc(Oc2ccc(C(F)(F)F)cc2Cl)ccc1[N+](=O)[O-]. The lowest BCUT2D eigenvalue weighted by Gasteiger charge is -2.17. The molecule has 7 nitrogen and oxygen atoms in total. The van der Waals surface area contributed by atoms with E-state index in [1.165, 1.54) is 6.07 Å². The summed E-state index contributed by atoms with van der Waals surface area (Å²) >= 11 is 5.85. The van der Waals surface area contributed by atoms with Crippen LogP contribution in [0, 0.1) is 15.5 Å². The third-order valence-electron chi connectivity index (χ3n) is 3.63. The van der Waals surface area contributed by atoms with Gasteiger partial charge >= 0.3 is 17.8 Å². The van der Waals surface area contributed by atoms with Crippen molar-refractivity contribution in [3.63, 3.8) is 0 Å². The van der Waals surface area contributed by atoms with E-state index in [1.807, 2.05) is 0 Å². The van der Waals surface area contributed by atoms with Crippen molar-refractivity contribution in [2.24, 2.45) is 5.41 Å². The molecule has 0 bridgehead atoms. The maximum Gasteiger partial charge on any atom is 0.416 e. The van der Waals surface area contributed by atoms with Gasteiger partial charge in [0.25, 0.3) is 0 Å². The molecule has 0 atom stereocenters. The highest BCUT2D eigenvalue weighted by molar-refractivity contribution is 6.32. The van der Waals surface area contributed by atoms with E-state index in [0.29, 0.717) is 6.07 Å². The lowest BCUT2D eigenvalue weighted by molar-refractivity contribution is -0.386. The number of halogens is 4. The van der Waals surface area contributed by atoms with Crippen molar-refractivity contribution in [2.45, 2.75) is 26.9 Å². The molecule has 0 saturated heterocycles. The van der Waals surface area contributed by atoms with Gasteiger partial charge in [-0.05, 0) is 45.0 Å². The number of alkyl halides is 3. The van der Waals surface area contributed by atoms with Crippen LogP contribution < -0.4 is 9.47 Å². The maximum absolute atomic E-state index is 12.7. The standard InChI is InChI=1S/C19H17ClF3NO6/c1-18(2,3)17(25)29-10-28-16-9-12(5-6-14(16)24(26)27)30-15-7-4-11(8-13(15)20)19(21,22)23/h4-9H,10H2,1-3H3. The topological polar surface area (TPSA) is 87.9 Å². The smallest absolute Gasteiger partial charge is 0.416 e. The second kappa shape index (κ2) is 8.78. The molecule has 0 aliphatic heterocycles. The molecular formula is C19H17ClF3NO6.